The van der Waals surface area contributed by atoms with Crippen LogP contribution < -0.4 is 10.6 Å². The van der Waals surface area contributed by atoms with Crippen molar-refractivity contribution in [3.05, 3.63) is 35.9 Å². The molecule has 68 valence electrons. The van der Waals surface area contributed by atoms with Gasteiger partial charge in [-0.3, -0.25) is 10.1 Å². The third kappa shape index (κ3) is 1.21. The molecule has 1 unspecified atom stereocenters. The van der Waals surface area contributed by atoms with Crippen molar-refractivity contribution >= 4 is 5.91 Å². The van der Waals surface area contributed by atoms with Gasteiger partial charge in [0.1, 0.15) is 5.54 Å². The third-order valence-electron chi connectivity index (χ3n) is 2.50. The van der Waals surface area contributed by atoms with Crippen molar-refractivity contribution in [2.24, 2.45) is 0 Å². The average molecular weight is 176 g/mol. The van der Waals surface area contributed by atoms with Crippen LogP contribution in [0.4, 0.5) is 0 Å². The fourth-order valence-electron chi connectivity index (χ4n) is 1.56. The molecule has 1 atom stereocenters. The van der Waals surface area contributed by atoms with Crippen LogP contribution in [-0.2, 0) is 10.3 Å². The van der Waals surface area contributed by atoms with Gasteiger partial charge in [-0.15, -0.1) is 0 Å². The predicted molar refractivity (Wildman–Crippen MR) is 49.9 cm³/mol. The number of rotatable bonds is 1. The second-order valence-corrected chi connectivity index (χ2v) is 3.35. The lowest BCUT2D eigenvalue weighted by atomic mass is 9.92. The van der Waals surface area contributed by atoms with Crippen molar-refractivity contribution in [1.29, 1.82) is 0 Å². The van der Waals surface area contributed by atoms with E-state index in [1.165, 1.54) is 0 Å². The first-order valence-electron chi connectivity index (χ1n) is 4.32. The fourth-order valence-corrected chi connectivity index (χ4v) is 1.56. The number of carbonyl (C=O) groups is 1. The van der Waals surface area contributed by atoms with Gasteiger partial charge in [-0.25, -0.2) is 0 Å². The van der Waals surface area contributed by atoms with Crippen molar-refractivity contribution in [2.45, 2.75) is 12.5 Å². The zero-order valence-corrected chi connectivity index (χ0v) is 7.50. The van der Waals surface area contributed by atoms with E-state index in [0.29, 0.717) is 6.67 Å². The second kappa shape index (κ2) is 2.85. The van der Waals surface area contributed by atoms with Crippen LogP contribution in [0, 0.1) is 0 Å². The van der Waals surface area contributed by atoms with E-state index in [4.69, 9.17) is 0 Å². The van der Waals surface area contributed by atoms with Crippen LogP contribution in [0.3, 0.4) is 0 Å². The Kier molecular flexibility index (Phi) is 1.81. The van der Waals surface area contributed by atoms with Gasteiger partial charge in [-0.1, -0.05) is 30.3 Å². The monoisotopic (exact) mass is 176 g/mol. The molecule has 0 spiro atoms. The molecule has 1 aromatic rings. The number of hydrogen-bond acceptors (Lipinski definition) is 2. The van der Waals surface area contributed by atoms with E-state index >= 15 is 0 Å². The maximum Gasteiger partial charge on any atom is 0.245 e. The average Bonchev–Trinajstić information content (AvgIpc) is 2.50. The summed E-state index contributed by atoms with van der Waals surface area (Å²) in [4.78, 5) is 11.5. The molecular weight excluding hydrogens is 164 g/mol. The number of nitrogens with one attached hydrogen (secondary N) is 2. The topological polar surface area (TPSA) is 41.1 Å². The van der Waals surface area contributed by atoms with E-state index in [2.05, 4.69) is 10.6 Å². The molecule has 3 nitrogen and oxygen atoms in total. The SMILES string of the molecule is CC1(c2ccccc2)NCNC1=O. The molecule has 0 radical (unpaired) electrons. The lowest BCUT2D eigenvalue weighted by Crippen LogP contribution is -2.39. The molecule has 0 aliphatic carbocycles. The van der Waals surface area contributed by atoms with Crippen LogP contribution in [0.15, 0.2) is 30.3 Å². The van der Waals surface area contributed by atoms with Gasteiger partial charge in [-0.2, -0.15) is 0 Å². The summed E-state index contributed by atoms with van der Waals surface area (Å²) in [5.74, 6) is 0.0405. The van der Waals surface area contributed by atoms with Gasteiger partial charge in [0.2, 0.25) is 5.91 Å². The number of amides is 1. The molecule has 1 aliphatic heterocycles. The molecule has 0 aromatic heterocycles. The Balaban J connectivity index is 2.40. The lowest BCUT2D eigenvalue weighted by molar-refractivity contribution is -0.123. The van der Waals surface area contributed by atoms with Crippen LogP contribution >= 0.6 is 0 Å². The van der Waals surface area contributed by atoms with Crippen molar-refractivity contribution < 1.29 is 4.79 Å². The van der Waals surface area contributed by atoms with Gasteiger partial charge in [0.05, 0.1) is 6.67 Å². The van der Waals surface area contributed by atoms with E-state index in [-0.39, 0.29) is 5.91 Å². The molecule has 1 aromatic carbocycles. The van der Waals surface area contributed by atoms with Gasteiger partial charge in [-0.05, 0) is 12.5 Å². The molecule has 1 saturated heterocycles. The summed E-state index contributed by atoms with van der Waals surface area (Å²) < 4.78 is 0. The quantitative estimate of drug-likeness (QED) is 0.657. The zero-order valence-electron chi connectivity index (χ0n) is 7.50. The number of hydrogen-bond donors (Lipinski definition) is 2. The highest BCUT2D eigenvalue weighted by molar-refractivity contribution is 5.89. The Hall–Kier alpha value is -1.35. The Morgan fingerprint density at radius 1 is 1.31 bits per heavy atom. The van der Waals surface area contributed by atoms with Crippen molar-refractivity contribution in [1.82, 2.24) is 10.6 Å². The molecule has 2 rings (SSSR count). The predicted octanol–water partition coefficient (Wildman–Crippen LogP) is 0.579. The summed E-state index contributed by atoms with van der Waals surface area (Å²) >= 11 is 0. The van der Waals surface area contributed by atoms with E-state index in [9.17, 15) is 4.79 Å². The molecule has 2 N–H and O–H groups in total. The maximum atomic E-state index is 11.5. The Morgan fingerprint density at radius 2 is 2.00 bits per heavy atom. The number of benzene rings is 1. The lowest BCUT2D eigenvalue weighted by Gasteiger charge is -2.21. The Bertz CT molecular complexity index is 323. The summed E-state index contributed by atoms with van der Waals surface area (Å²) in [5, 5.41) is 5.90. The molecule has 1 heterocycles. The minimum absolute atomic E-state index is 0.0405. The molecular formula is C10H12N2O. The van der Waals surface area contributed by atoms with Crippen LogP contribution in [0.25, 0.3) is 0 Å². The van der Waals surface area contributed by atoms with E-state index < -0.39 is 5.54 Å². The van der Waals surface area contributed by atoms with Crippen LogP contribution in [-0.4, -0.2) is 12.6 Å². The van der Waals surface area contributed by atoms with Gasteiger partial charge < -0.3 is 5.32 Å². The first-order chi connectivity index (χ1) is 6.23. The van der Waals surface area contributed by atoms with Gasteiger partial charge in [0, 0.05) is 0 Å². The third-order valence-corrected chi connectivity index (χ3v) is 2.50. The second-order valence-electron chi connectivity index (χ2n) is 3.35. The van der Waals surface area contributed by atoms with Crippen LogP contribution in [0.5, 0.6) is 0 Å². The van der Waals surface area contributed by atoms with E-state index in [1.54, 1.807) is 0 Å². The molecule has 13 heavy (non-hydrogen) atoms. The first-order valence-corrected chi connectivity index (χ1v) is 4.32. The summed E-state index contributed by atoms with van der Waals surface area (Å²) in [6.45, 7) is 2.44. The van der Waals surface area contributed by atoms with Gasteiger partial charge >= 0.3 is 0 Å². The maximum absolute atomic E-state index is 11.5. The van der Waals surface area contributed by atoms with E-state index in [1.807, 2.05) is 37.3 Å². The normalized spacial score (nSPS) is 27.3. The van der Waals surface area contributed by atoms with Gasteiger partial charge in [0.15, 0.2) is 0 Å². The van der Waals surface area contributed by atoms with Crippen molar-refractivity contribution in [3.63, 3.8) is 0 Å². The minimum Gasteiger partial charge on any atom is -0.342 e. The molecule has 0 saturated carbocycles. The molecule has 0 bridgehead atoms. The molecule has 1 amide bonds. The highest BCUT2D eigenvalue weighted by atomic mass is 16.2. The standard InChI is InChI=1S/C10H12N2O/c1-10(9(13)11-7-12-10)8-5-3-2-4-6-8/h2-6,12H,7H2,1H3,(H,11,13). The zero-order chi connectivity index (χ0) is 9.31. The Morgan fingerprint density at radius 3 is 2.54 bits per heavy atom. The minimum atomic E-state index is -0.554. The van der Waals surface area contributed by atoms with Crippen LogP contribution in [0.1, 0.15) is 12.5 Å². The van der Waals surface area contributed by atoms with Gasteiger partial charge in [0.25, 0.3) is 0 Å². The summed E-state index contributed by atoms with van der Waals surface area (Å²) in [6.07, 6.45) is 0. The number of carbonyl (C=O) groups excluding carboxylic acids is 1. The van der Waals surface area contributed by atoms with Crippen LogP contribution in [0.2, 0.25) is 0 Å². The summed E-state index contributed by atoms with van der Waals surface area (Å²) in [6, 6.07) is 9.73. The Labute approximate surface area is 77.1 Å². The molecule has 1 fully saturated rings. The van der Waals surface area contributed by atoms with Crippen molar-refractivity contribution in [3.8, 4) is 0 Å². The highest BCUT2D eigenvalue weighted by Crippen LogP contribution is 2.22. The summed E-state index contributed by atoms with van der Waals surface area (Å²) in [5.41, 5.74) is 0.450. The smallest absolute Gasteiger partial charge is 0.245 e. The summed E-state index contributed by atoms with van der Waals surface area (Å²) in [7, 11) is 0. The highest BCUT2D eigenvalue weighted by Gasteiger charge is 2.38. The fraction of sp³-hybridized carbons (Fsp3) is 0.300. The van der Waals surface area contributed by atoms with E-state index in [0.717, 1.165) is 5.56 Å². The van der Waals surface area contributed by atoms with Crippen molar-refractivity contribution in [2.75, 3.05) is 6.67 Å². The molecule has 1 aliphatic rings. The first kappa shape index (κ1) is 8.26. The largest absolute Gasteiger partial charge is 0.342 e. The molecule has 3 heteroatoms.